The van der Waals surface area contributed by atoms with Crippen LogP contribution in [0.15, 0.2) is 30.5 Å². The van der Waals surface area contributed by atoms with Gasteiger partial charge in [-0.3, -0.25) is 9.89 Å². The van der Waals surface area contributed by atoms with Crippen LogP contribution in [0.1, 0.15) is 19.5 Å². The average molecular weight is 260 g/mol. The van der Waals surface area contributed by atoms with E-state index in [2.05, 4.69) is 10.2 Å². The van der Waals surface area contributed by atoms with E-state index in [9.17, 15) is 4.79 Å². The lowest BCUT2D eigenvalue weighted by molar-refractivity contribution is -0.136. The van der Waals surface area contributed by atoms with Crippen LogP contribution < -0.4 is 4.74 Å². The minimum absolute atomic E-state index is 0.0699. The first-order valence-corrected chi connectivity index (χ1v) is 6.07. The number of aliphatic carboxylic acids is 1. The van der Waals surface area contributed by atoms with E-state index in [0.717, 1.165) is 16.9 Å². The van der Waals surface area contributed by atoms with Gasteiger partial charge in [-0.1, -0.05) is 12.1 Å². The topological polar surface area (TPSA) is 75.2 Å². The third kappa shape index (κ3) is 3.34. The Balaban J connectivity index is 2.22. The molecule has 2 N–H and O–H groups in total. The summed E-state index contributed by atoms with van der Waals surface area (Å²) in [7, 11) is 0. The van der Waals surface area contributed by atoms with E-state index in [0.29, 0.717) is 5.69 Å². The van der Waals surface area contributed by atoms with Gasteiger partial charge in [0.05, 0.1) is 24.4 Å². The molecule has 0 amide bonds. The standard InChI is InChI=1S/C14H16N2O3/c1-9(2)19-11-5-3-10(4-6-11)12-8-15-16-13(12)7-14(17)18/h3-6,8-9H,7H2,1-2H3,(H,15,16)(H,17,18). The van der Waals surface area contributed by atoms with E-state index in [1.54, 1.807) is 6.20 Å². The Morgan fingerprint density at radius 3 is 2.63 bits per heavy atom. The highest BCUT2D eigenvalue weighted by atomic mass is 16.5. The number of hydrogen-bond donors (Lipinski definition) is 2. The van der Waals surface area contributed by atoms with E-state index in [1.807, 2.05) is 38.1 Å². The van der Waals surface area contributed by atoms with Crippen LogP contribution >= 0.6 is 0 Å². The quantitative estimate of drug-likeness (QED) is 0.866. The maximum atomic E-state index is 10.8. The van der Waals surface area contributed by atoms with E-state index in [1.165, 1.54) is 0 Å². The fourth-order valence-electron chi connectivity index (χ4n) is 1.83. The van der Waals surface area contributed by atoms with Crippen LogP contribution in [-0.2, 0) is 11.2 Å². The highest BCUT2D eigenvalue weighted by molar-refractivity contribution is 5.75. The van der Waals surface area contributed by atoms with Crippen molar-refractivity contribution in [2.75, 3.05) is 0 Å². The van der Waals surface area contributed by atoms with Gasteiger partial charge in [0.1, 0.15) is 5.75 Å². The van der Waals surface area contributed by atoms with E-state index in [4.69, 9.17) is 9.84 Å². The number of benzene rings is 1. The normalized spacial score (nSPS) is 10.7. The van der Waals surface area contributed by atoms with Gasteiger partial charge in [0.15, 0.2) is 0 Å². The predicted molar refractivity (Wildman–Crippen MR) is 71.1 cm³/mol. The Morgan fingerprint density at radius 1 is 1.37 bits per heavy atom. The summed E-state index contributed by atoms with van der Waals surface area (Å²) in [5, 5.41) is 15.5. The number of H-pyrrole nitrogens is 1. The van der Waals surface area contributed by atoms with E-state index < -0.39 is 5.97 Å². The Bertz CT molecular complexity index is 558. The summed E-state index contributed by atoms with van der Waals surface area (Å²) >= 11 is 0. The van der Waals surface area contributed by atoms with Gasteiger partial charge >= 0.3 is 5.97 Å². The van der Waals surface area contributed by atoms with Gasteiger partial charge in [0.2, 0.25) is 0 Å². The van der Waals surface area contributed by atoms with Crippen LogP contribution in [0.5, 0.6) is 5.75 Å². The van der Waals surface area contributed by atoms with Crippen molar-refractivity contribution in [1.29, 1.82) is 0 Å². The fraction of sp³-hybridized carbons (Fsp3) is 0.286. The van der Waals surface area contributed by atoms with Crippen LogP contribution in [0.3, 0.4) is 0 Å². The second-order valence-electron chi connectivity index (χ2n) is 4.52. The van der Waals surface area contributed by atoms with Crippen molar-refractivity contribution in [3.63, 3.8) is 0 Å². The van der Waals surface area contributed by atoms with Gasteiger partial charge in [-0.25, -0.2) is 0 Å². The Kier molecular flexibility index (Phi) is 3.85. The first-order valence-electron chi connectivity index (χ1n) is 6.07. The largest absolute Gasteiger partial charge is 0.491 e. The van der Waals surface area contributed by atoms with Crippen molar-refractivity contribution in [2.45, 2.75) is 26.4 Å². The van der Waals surface area contributed by atoms with Crippen LogP contribution in [0.4, 0.5) is 0 Å². The highest BCUT2D eigenvalue weighted by Crippen LogP contribution is 2.25. The average Bonchev–Trinajstić information content (AvgIpc) is 2.76. The van der Waals surface area contributed by atoms with Crippen LogP contribution in [0.25, 0.3) is 11.1 Å². The molecule has 0 saturated carbocycles. The molecular weight excluding hydrogens is 244 g/mol. The molecule has 0 spiro atoms. The molecule has 1 heterocycles. The number of rotatable bonds is 5. The molecule has 5 heteroatoms. The molecule has 0 aliphatic heterocycles. The SMILES string of the molecule is CC(C)Oc1ccc(-c2cn[nH]c2CC(=O)O)cc1. The zero-order chi connectivity index (χ0) is 13.8. The van der Waals surface area contributed by atoms with Gasteiger partial charge in [0, 0.05) is 5.56 Å². The summed E-state index contributed by atoms with van der Waals surface area (Å²) in [6, 6.07) is 7.53. The lowest BCUT2D eigenvalue weighted by Crippen LogP contribution is -2.05. The van der Waals surface area contributed by atoms with Crippen LogP contribution in [-0.4, -0.2) is 27.4 Å². The van der Waals surface area contributed by atoms with Crippen molar-refractivity contribution in [1.82, 2.24) is 10.2 Å². The molecule has 0 radical (unpaired) electrons. The summed E-state index contributed by atoms with van der Waals surface area (Å²) < 4.78 is 5.56. The smallest absolute Gasteiger partial charge is 0.309 e. The number of aromatic amines is 1. The number of ether oxygens (including phenoxy) is 1. The number of nitrogens with one attached hydrogen (secondary N) is 1. The summed E-state index contributed by atoms with van der Waals surface area (Å²) in [6.07, 6.45) is 1.69. The molecule has 2 rings (SSSR count). The van der Waals surface area contributed by atoms with Crippen LogP contribution in [0, 0.1) is 0 Å². The first kappa shape index (κ1) is 13.1. The van der Waals surface area contributed by atoms with Crippen molar-refractivity contribution < 1.29 is 14.6 Å². The molecule has 5 nitrogen and oxygen atoms in total. The molecule has 2 aromatic rings. The predicted octanol–water partition coefficient (Wildman–Crippen LogP) is 2.49. The number of carbonyl (C=O) groups is 1. The van der Waals surface area contributed by atoms with Crippen molar-refractivity contribution in [3.05, 3.63) is 36.2 Å². The lowest BCUT2D eigenvalue weighted by atomic mass is 10.1. The molecule has 0 unspecified atom stereocenters. The number of carboxylic acids is 1. The second kappa shape index (κ2) is 5.56. The molecule has 0 atom stereocenters. The maximum Gasteiger partial charge on any atom is 0.309 e. The zero-order valence-corrected chi connectivity index (χ0v) is 10.9. The van der Waals surface area contributed by atoms with E-state index in [-0.39, 0.29) is 12.5 Å². The summed E-state index contributed by atoms with van der Waals surface area (Å²) in [5.74, 6) is -0.0905. The number of hydrogen-bond acceptors (Lipinski definition) is 3. The molecule has 100 valence electrons. The van der Waals surface area contributed by atoms with E-state index >= 15 is 0 Å². The minimum Gasteiger partial charge on any atom is -0.491 e. The van der Waals surface area contributed by atoms with Crippen molar-refractivity contribution in [2.24, 2.45) is 0 Å². The Morgan fingerprint density at radius 2 is 2.05 bits per heavy atom. The molecule has 0 bridgehead atoms. The monoisotopic (exact) mass is 260 g/mol. The van der Waals surface area contributed by atoms with Gasteiger partial charge in [-0.05, 0) is 31.5 Å². The molecule has 0 saturated heterocycles. The Hall–Kier alpha value is -2.30. The number of nitrogens with zero attached hydrogens (tertiary/aromatic N) is 1. The molecule has 19 heavy (non-hydrogen) atoms. The maximum absolute atomic E-state index is 10.8. The summed E-state index contributed by atoms with van der Waals surface area (Å²) in [5.41, 5.74) is 2.32. The van der Waals surface area contributed by atoms with Crippen LogP contribution in [0.2, 0.25) is 0 Å². The van der Waals surface area contributed by atoms with Crippen molar-refractivity contribution in [3.8, 4) is 16.9 Å². The number of carboxylic acid groups (broad SMARTS) is 1. The molecule has 0 fully saturated rings. The molecule has 0 aliphatic rings. The number of aromatic nitrogens is 2. The van der Waals surface area contributed by atoms with Gasteiger partial charge in [-0.2, -0.15) is 5.10 Å². The summed E-state index contributed by atoms with van der Waals surface area (Å²) in [4.78, 5) is 10.8. The first-order chi connectivity index (χ1) is 9.06. The fourth-order valence-corrected chi connectivity index (χ4v) is 1.83. The highest BCUT2D eigenvalue weighted by Gasteiger charge is 2.11. The zero-order valence-electron chi connectivity index (χ0n) is 10.9. The molecule has 0 aliphatic carbocycles. The molecule has 1 aromatic heterocycles. The lowest BCUT2D eigenvalue weighted by Gasteiger charge is -2.10. The van der Waals surface area contributed by atoms with Gasteiger partial charge in [0.25, 0.3) is 0 Å². The third-order valence-corrected chi connectivity index (χ3v) is 2.58. The third-order valence-electron chi connectivity index (χ3n) is 2.58. The molecular formula is C14H16N2O3. The van der Waals surface area contributed by atoms with Gasteiger partial charge in [-0.15, -0.1) is 0 Å². The minimum atomic E-state index is -0.884. The molecule has 1 aromatic carbocycles. The summed E-state index contributed by atoms with van der Waals surface area (Å²) in [6.45, 7) is 3.93. The van der Waals surface area contributed by atoms with Crippen molar-refractivity contribution >= 4 is 5.97 Å². The Labute approximate surface area is 111 Å². The van der Waals surface area contributed by atoms with Gasteiger partial charge < -0.3 is 9.84 Å². The second-order valence-corrected chi connectivity index (χ2v) is 4.52.